The third-order valence-corrected chi connectivity index (χ3v) is 5.41. The van der Waals surface area contributed by atoms with Crippen molar-refractivity contribution in [2.24, 2.45) is 11.7 Å². The molecule has 4 heteroatoms. The Labute approximate surface area is 117 Å². The summed E-state index contributed by atoms with van der Waals surface area (Å²) in [5, 5.41) is 3.18. The molecule has 2 rings (SSSR count). The Morgan fingerprint density at radius 2 is 2.16 bits per heavy atom. The highest BCUT2D eigenvalue weighted by Gasteiger charge is 2.44. The van der Waals surface area contributed by atoms with E-state index in [0.29, 0.717) is 6.04 Å². The molecule has 110 valence electrons. The third kappa shape index (κ3) is 3.11. The van der Waals surface area contributed by atoms with E-state index in [4.69, 9.17) is 5.73 Å². The van der Waals surface area contributed by atoms with E-state index >= 15 is 0 Å². The number of likely N-dealkylation sites (tertiary alicyclic amines) is 1. The smallest absolute Gasteiger partial charge is 0.237 e. The number of amides is 1. The van der Waals surface area contributed by atoms with E-state index in [1.807, 2.05) is 7.05 Å². The molecule has 0 bridgehead atoms. The van der Waals surface area contributed by atoms with Gasteiger partial charge in [-0.05, 0) is 64.6 Å². The molecule has 0 spiro atoms. The lowest BCUT2D eigenvalue weighted by molar-refractivity contribution is -0.124. The van der Waals surface area contributed by atoms with Gasteiger partial charge in [-0.25, -0.2) is 0 Å². The van der Waals surface area contributed by atoms with E-state index in [9.17, 15) is 4.79 Å². The van der Waals surface area contributed by atoms with Crippen LogP contribution in [0.4, 0.5) is 0 Å². The van der Waals surface area contributed by atoms with Crippen molar-refractivity contribution in [2.45, 2.75) is 63.5 Å². The van der Waals surface area contributed by atoms with Crippen molar-refractivity contribution in [1.29, 1.82) is 0 Å². The molecule has 1 amide bonds. The lowest BCUT2D eigenvalue weighted by atomic mass is 9.96. The van der Waals surface area contributed by atoms with Crippen molar-refractivity contribution in [2.75, 3.05) is 20.1 Å². The molecule has 19 heavy (non-hydrogen) atoms. The van der Waals surface area contributed by atoms with Crippen molar-refractivity contribution >= 4 is 5.91 Å². The number of nitrogens with two attached hydrogens (primary N) is 1. The number of rotatable bonds is 4. The first-order valence-electron chi connectivity index (χ1n) is 7.84. The van der Waals surface area contributed by atoms with Gasteiger partial charge < -0.3 is 16.0 Å². The van der Waals surface area contributed by atoms with E-state index in [1.165, 1.54) is 38.8 Å². The van der Waals surface area contributed by atoms with Gasteiger partial charge in [0.15, 0.2) is 0 Å². The number of nitrogens with zero attached hydrogens (tertiary/aromatic N) is 1. The molecule has 2 aliphatic rings. The van der Waals surface area contributed by atoms with E-state index in [2.05, 4.69) is 17.1 Å². The van der Waals surface area contributed by atoms with Gasteiger partial charge in [-0.2, -0.15) is 0 Å². The molecule has 1 aliphatic heterocycles. The molecule has 1 heterocycles. The van der Waals surface area contributed by atoms with E-state index < -0.39 is 5.54 Å². The molecular formula is C15H29N3O. The highest BCUT2D eigenvalue weighted by atomic mass is 16.1. The second-order valence-corrected chi connectivity index (χ2v) is 6.33. The summed E-state index contributed by atoms with van der Waals surface area (Å²) in [5.74, 6) is 0.718. The van der Waals surface area contributed by atoms with Crippen LogP contribution in [0.5, 0.6) is 0 Å². The normalized spacial score (nSPS) is 37.2. The number of carbonyl (C=O) groups is 1. The topological polar surface area (TPSA) is 58.4 Å². The second-order valence-electron chi connectivity index (χ2n) is 6.33. The lowest BCUT2D eigenvalue weighted by Crippen LogP contribution is -2.53. The summed E-state index contributed by atoms with van der Waals surface area (Å²) in [7, 11) is 1.86. The van der Waals surface area contributed by atoms with Crippen molar-refractivity contribution in [3.8, 4) is 0 Å². The zero-order valence-electron chi connectivity index (χ0n) is 12.5. The largest absolute Gasteiger partial charge is 0.368 e. The standard InChI is InChI=1S/C15H29N3O/c1-3-12-5-4-9-18(10-7-12)13-6-8-15(11-13,17-2)14(16)19/h12-13,17H,3-11H2,1-2H3,(H2,16,19). The van der Waals surface area contributed by atoms with Crippen LogP contribution in [0.25, 0.3) is 0 Å². The number of carbonyl (C=O) groups excluding carboxylic acids is 1. The fourth-order valence-electron chi connectivity index (χ4n) is 3.87. The minimum Gasteiger partial charge on any atom is -0.368 e. The van der Waals surface area contributed by atoms with Gasteiger partial charge in [0.05, 0.1) is 5.54 Å². The predicted octanol–water partition coefficient (Wildman–Crippen LogP) is 1.49. The van der Waals surface area contributed by atoms with Crippen LogP contribution < -0.4 is 11.1 Å². The van der Waals surface area contributed by atoms with E-state index in [-0.39, 0.29) is 5.91 Å². The monoisotopic (exact) mass is 267 g/mol. The average molecular weight is 267 g/mol. The average Bonchev–Trinajstić information content (AvgIpc) is 2.72. The summed E-state index contributed by atoms with van der Waals surface area (Å²) in [6.07, 6.45) is 8.16. The van der Waals surface area contributed by atoms with Crippen LogP contribution in [0.15, 0.2) is 0 Å². The molecular weight excluding hydrogens is 238 g/mol. The highest BCUT2D eigenvalue weighted by Crippen LogP contribution is 2.34. The Morgan fingerprint density at radius 3 is 2.74 bits per heavy atom. The fourth-order valence-corrected chi connectivity index (χ4v) is 3.87. The first kappa shape index (κ1) is 14.8. The Balaban J connectivity index is 1.95. The Hall–Kier alpha value is -0.610. The minimum absolute atomic E-state index is 0.182. The second kappa shape index (κ2) is 6.23. The molecule has 1 aliphatic carbocycles. The minimum atomic E-state index is -0.457. The molecule has 3 unspecified atom stereocenters. The number of primary amides is 1. The number of nitrogens with one attached hydrogen (secondary N) is 1. The molecule has 1 saturated heterocycles. The quantitative estimate of drug-likeness (QED) is 0.811. The Kier molecular flexibility index (Phi) is 4.85. The van der Waals surface area contributed by atoms with Crippen LogP contribution in [0.1, 0.15) is 51.9 Å². The fraction of sp³-hybridized carbons (Fsp3) is 0.933. The van der Waals surface area contributed by atoms with Crippen molar-refractivity contribution in [1.82, 2.24) is 10.2 Å². The summed E-state index contributed by atoms with van der Waals surface area (Å²) in [6.45, 7) is 4.69. The van der Waals surface area contributed by atoms with E-state index in [0.717, 1.165) is 25.2 Å². The van der Waals surface area contributed by atoms with Gasteiger partial charge in [-0.3, -0.25) is 4.79 Å². The first-order chi connectivity index (χ1) is 9.11. The molecule has 4 nitrogen and oxygen atoms in total. The van der Waals surface area contributed by atoms with Gasteiger partial charge in [0.25, 0.3) is 0 Å². The van der Waals surface area contributed by atoms with Gasteiger partial charge in [0, 0.05) is 6.04 Å². The highest BCUT2D eigenvalue weighted by molar-refractivity contribution is 5.85. The van der Waals surface area contributed by atoms with Gasteiger partial charge in [-0.15, -0.1) is 0 Å². The number of hydrogen-bond donors (Lipinski definition) is 2. The summed E-state index contributed by atoms with van der Waals surface area (Å²) in [6, 6.07) is 0.538. The summed E-state index contributed by atoms with van der Waals surface area (Å²) in [5.41, 5.74) is 5.13. The maximum absolute atomic E-state index is 11.7. The van der Waals surface area contributed by atoms with Crippen LogP contribution in [0.3, 0.4) is 0 Å². The molecule has 3 atom stereocenters. The molecule has 2 fully saturated rings. The maximum atomic E-state index is 11.7. The van der Waals surface area contributed by atoms with Crippen molar-refractivity contribution in [3.05, 3.63) is 0 Å². The van der Waals surface area contributed by atoms with Crippen LogP contribution >= 0.6 is 0 Å². The Bertz CT molecular complexity index is 321. The van der Waals surface area contributed by atoms with E-state index in [1.54, 1.807) is 0 Å². The summed E-state index contributed by atoms with van der Waals surface area (Å²) < 4.78 is 0. The third-order valence-electron chi connectivity index (χ3n) is 5.41. The lowest BCUT2D eigenvalue weighted by Gasteiger charge is -2.30. The zero-order valence-corrected chi connectivity index (χ0v) is 12.5. The van der Waals surface area contributed by atoms with Gasteiger partial charge in [-0.1, -0.05) is 13.3 Å². The number of hydrogen-bond acceptors (Lipinski definition) is 3. The van der Waals surface area contributed by atoms with Crippen LogP contribution in [0, 0.1) is 5.92 Å². The zero-order chi connectivity index (χ0) is 13.9. The SMILES string of the molecule is CCC1CCCN(C2CCC(NC)(C(N)=O)C2)CC1. The molecule has 1 saturated carbocycles. The van der Waals surface area contributed by atoms with Crippen LogP contribution in [-0.2, 0) is 4.79 Å². The molecule has 0 aromatic heterocycles. The first-order valence-corrected chi connectivity index (χ1v) is 7.84. The maximum Gasteiger partial charge on any atom is 0.237 e. The number of likely N-dealkylation sites (N-methyl/N-ethyl adjacent to an activating group) is 1. The molecule has 3 N–H and O–H groups in total. The molecule has 0 aromatic carbocycles. The van der Waals surface area contributed by atoms with Crippen LogP contribution in [-0.4, -0.2) is 42.5 Å². The Morgan fingerprint density at radius 1 is 1.37 bits per heavy atom. The van der Waals surface area contributed by atoms with Crippen molar-refractivity contribution in [3.63, 3.8) is 0 Å². The predicted molar refractivity (Wildman–Crippen MR) is 77.8 cm³/mol. The van der Waals surface area contributed by atoms with Gasteiger partial charge in [0.2, 0.25) is 5.91 Å². The summed E-state index contributed by atoms with van der Waals surface area (Å²) in [4.78, 5) is 14.3. The summed E-state index contributed by atoms with van der Waals surface area (Å²) >= 11 is 0. The van der Waals surface area contributed by atoms with Crippen LogP contribution in [0.2, 0.25) is 0 Å². The van der Waals surface area contributed by atoms with Gasteiger partial charge in [0.1, 0.15) is 0 Å². The van der Waals surface area contributed by atoms with Crippen molar-refractivity contribution < 1.29 is 4.79 Å². The molecule has 0 aromatic rings. The molecule has 0 radical (unpaired) electrons. The van der Waals surface area contributed by atoms with Gasteiger partial charge >= 0.3 is 0 Å².